The quantitative estimate of drug-likeness (QED) is 0.509. The summed E-state index contributed by atoms with van der Waals surface area (Å²) in [7, 11) is 1.75. The van der Waals surface area contributed by atoms with E-state index in [0.29, 0.717) is 30.4 Å². The van der Waals surface area contributed by atoms with Gasteiger partial charge in [0, 0.05) is 25.8 Å². The van der Waals surface area contributed by atoms with Gasteiger partial charge >= 0.3 is 6.18 Å². The molecule has 0 saturated heterocycles. The van der Waals surface area contributed by atoms with Gasteiger partial charge in [0.2, 0.25) is 5.91 Å². The summed E-state index contributed by atoms with van der Waals surface area (Å²) in [6.07, 6.45) is -5.07. The summed E-state index contributed by atoms with van der Waals surface area (Å²) in [5.74, 6) is -2.41. The summed E-state index contributed by atoms with van der Waals surface area (Å²) in [6, 6.07) is 7.84. The molecular weight excluding hydrogens is 488 g/mol. The first kappa shape index (κ1) is 24.7. The van der Waals surface area contributed by atoms with Crippen molar-refractivity contribution < 1.29 is 27.2 Å². The highest BCUT2D eigenvalue weighted by molar-refractivity contribution is 6.34. The Hall–Kier alpha value is -3.40. The third-order valence-electron chi connectivity index (χ3n) is 5.97. The van der Waals surface area contributed by atoms with Crippen molar-refractivity contribution in [2.24, 2.45) is 7.05 Å². The lowest BCUT2D eigenvalue weighted by molar-refractivity contribution is -0.140. The maximum Gasteiger partial charge on any atom is 0.419 e. The molecule has 1 aromatic heterocycles. The maximum atomic E-state index is 14.3. The fourth-order valence-electron chi connectivity index (χ4n) is 4.05. The minimum absolute atomic E-state index is 0.222. The highest BCUT2D eigenvalue weighted by Crippen LogP contribution is 2.34. The Bertz CT molecular complexity index is 1300. The largest absolute Gasteiger partial charge is 0.419 e. The molecule has 1 aliphatic heterocycles. The Morgan fingerprint density at radius 3 is 2.60 bits per heavy atom. The average molecular weight is 509 g/mol. The summed E-state index contributed by atoms with van der Waals surface area (Å²) < 4.78 is 54.9. The van der Waals surface area contributed by atoms with E-state index in [4.69, 9.17) is 11.6 Å². The van der Waals surface area contributed by atoms with Gasteiger partial charge in [-0.3, -0.25) is 14.3 Å². The Balaban J connectivity index is 1.52. The molecule has 0 bridgehead atoms. The predicted molar refractivity (Wildman–Crippen MR) is 122 cm³/mol. The van der Waals surface area contributed by atoms with Crippen LogP contribution in [0.25, 0.3) is 0 Å². The van der Waals surface area contributed by atoms with Gasteiger partial charge in [0.15, 0.2) is 5.69 Å². The van der Waals surface area contributed by atoms with Gasteiger partial charge in [0.05, 0.1) is 22.7 Å². The van der Waals surface area contributed by atoms with Crippen molar-refractivity contribution in [3.63, 3.8) is 0 Å². The molecule has 1 aliphatic rings. The molecule has 0 unspecified atom stereocenters. The molecule has 2 amide bonds. The van der Waals surface area contributed by atoms with E-state index in [9.17, 15) is 27.2 Å². The number of halogens is 5. The minimum atomic E-state index is -4.87. The van der Waals surface area contributed by atoms with E-state index in [1.807, 2.05) is 6.92 Å². The molecule has 1 N–H and O–H groups in total. The number of alkyl halides is 3. The van der Waals surface area contributed by atoms with Gasteiger partial charge in [-0.25, -0.2) is 4.39 Å². The van der Waals surface area contributed by atoms with Crippen molar-refractivity contribution in [1.29, 1.82) is 0 Å². The number of carbonyl (C=O) groups is 2. The first-order chi connectivity index (χ1) is 16.5. The van der Waals surface area contributed by atoms with Gasteiger partial charge in [-0.1, -0.05) is 29.8 Å². The molecule has 0 atom stereocenters. The number of nitrogens with zero attached hydrogens (tertiary/aromatic N) is 3. The van der Waals surface area contributed by atoms with Crippen LogP contribution in [-0.2, 0) is 37.4 Å². The smallest absolute Gasteiger partial charge is 0.333 e. The maximum absolute atomic E-state index is 14.3. The van der Waals surface area contributed by atoms with Crippen LogP contribution in [0.15, 0.2) is 36.4 Å². The van der Waals surface area contributed by atoms with Crippen LogP contribution in [0, 0.1) is 12.7 Å². The molecule has 0 saturated carbocycles. The molecular formula is C24H21ClF4N4O2. The Morgan fingerprint density at radius 2 is 1.94 bits per heavy atom. The van der Waals surface area contributed by atoms with Crippen molar-refractivity contribution in [1.82, 2.24) is 14.7 Å². The van der Waals surface area contributed by atoms with Gasteiger partial charge in [-0.05, 0) is 48.2 Å². The minimum Gasteiger partial charge on any atom is -0.333 e. The summed E-state index contributed by atoms with van der Waals surface area (Å²) >= 11 is 6.31. The number of carbonyl (C=O) groups excluding carboxylic acids is 2. The molecule has 3 aromatic rings. The molecule has 0 spiro atoms. The van der Waals surface area contributed by atoms with E-state index in [0.717, 1.165) is 29.0 Å². The summed E-state index contributed by atoms with van der Waals surface area (Å²) in [5, 5.41) is 7.09. The van der Waals surface area contributed by atoms with E-state index in [2.05, 4.69) is 10.4 Å². The second kappa shape index (κ2) is 9.33. The standard InChI is InChI=1S/C24H21ClF4N4O2/c1-13-10-19(31-32(13)2)23(35)33-9-8-16-15(12-33)6-7-18(25)22(16)30-20(34)11-14-4-3-5-17(21(14)26)24(27,28)29/h3-7,10H,8-9,11-12H2,1-2H3,(H,30,34). The fourth-order valence-corrected chi connectivity index (χ4v) is 4.28. The van der Waals surface area contributed by atoms with Crippen molar-refractivity contribution in [3.8, 4) is 0 Å². The number of anilines is 1. The number of hydrogen-bond acceptors (Lipinski definition) is 3. The first-order valence-corrected chi connectivity index (χ1v) is 11.1. The van der Waals surface area contributed by atoms with Crippen LogP contribution in [0.2, 0.25) is 5.02 Å². The topological polar surface area (TPSA) is 67.2 Å². The van der Waals surface area contributed by atoms with Crippen LogP contribution in [0.3, 0.4) is 0 Å². The lowest BCUT2D eigenvalue weighted by atomic mass is 9.97. The molecule has 0 radical (unpaired) electrons. The first-order valence-electron chi connectivity index (χ1n) is 10.7. The van der Waals surface area contributed by atoms with E-state index in [1.54, 1.807) is 34.8 Å². The highest BCUT2D eigenvalue weighted by atomic mass is 35.5. The van der Waals surface area contributed by atoms with Crippen LogP contribution in [0.4, 0.5) is 23.2 Å². The Morgan fingerprint density at radius 1 is 1.20 bits per heavy atom. The van der Waals surface area contributed by atoms with Crippen molar-refractivity contribution in [2.75, 3.05) is 11.9 Å². The number of fused-ring (bicyclic) bond motifs is 1. The molecule has 4 rings (SSSR count). The fraction of sp³-hybridized carbons (Fsp3) is 0.292. The molecule has 11 heteroatoms. The SMILES string of the molecule is Cc1cc(C(=O)N2CCc3c(ccc(Cl)c3NC(=O)Cc3cccc(C(F)(F)F)c3F)C2)nn1C. The summed E-state index contributed by atoms with van der Waals surface area (Å²) in [6.45, 7) is 2.47. The number of benzene rings is 2. The normalized spacial score (nSPS) is 13.5. The van der Waals surface area contributed by atoms with E-state index in [-0.39, 0.29) is 23.0 Å². The molecule has 184 valence electrons. The van der Waals surface area contributed by atoms with Gasteiger partial charge < -0.3 is 10.2 Å². The summed E-state index contributed by atoms with van der Waals surface area (Å²) in [5.41, 5.74) is 1.17. The number of nitrogens with one attached hydrogen (secondary N) is 1. The zero-order valence-electron chi connectivity index (χ0n) is 18.8. The highest BCUT2D eigenvalue weighted by Gasteiger charge is 2.35. The lowest BCUT2D eigenvalue weighted by Crippen LogP contribution is -2.36. The predicted octanol–water partition coefficient (Wildman–Crippen LogP) is 4.92. The van der Waals surface area contributed by atoms with E-state index < -0.39 is 29.9 Å². The van der Waals surface area contributed by atoms with Crippen LogP contribution in [0.1, 0.15) is 38.4 Å². The molecule has 6 nitrogen and oxygen atoms in total. The number of rotatable bonds is 4. The van der Waals surface area contributed by atoms with Crippen LogP contribution in [-0.4, -0.2) is 33.0 Å². The zero-order chi connectivity index (χ0) is 25.5. The molecule has 0 aliphatic carbocycles. The van der Waals surface area contributed by atoms with Crippen LogP contribution in [0.5, 0.6) is 0 Å². The number of aromatic nitrogens is 2. The van der Waals surface area contributed by atoms with Gasteiger partial charge in [-0.15, -0.1) is 0 Å². The number of amides is 2. The van der Waals surface area contributed by atoms with Gasteiger partial charge in [0.25, 0.3) is 5.91 Å². The Kier molecular flexibility index (Phi) is 6.59. The Labute approximate surface area is 203 Å². The van der Waals surface area contributed by atoms with Crippen molar-refractivity contribution >= 4 is 29.1 Å². The van der Waals surface area contributed by atoms with E-state index in [1.165, 1.54) is 0 Å². The van der Waals surface area contributed by atoms with Crippen LogP contribution >= 0.6 is 11.6 Å². The van der Waals surface area contributed by atoms with Crippen molar-refractivity contribution in [2.45, 2.75) is 32.5 Å². The average Bonchev–Trinajstić information content (AvgIpc) is 3.13. The second-order valence-electron chi connectivity index (χ2n) is 8.33. The molecule has 35 heavy (non-hydrogen) atoms. The van der Waals surface area contributed by atoms with Gasteiger partial charge in [0.1, 0.15) is 5.82 Å². The van der Waals surface area contributed by atoms with Gasteiger partial charge in [-0.2, -0.15) is 18.3 Å². The molecule has 2 aromatic carbocycles. The molecule has 0 fully saturated rings. The number of aryl methyl sites for hydroxylation is 2. The monoisotopic (exact) mass is 508 g/mol. The number of hydrogen-bond donors (Lipinski definition) is 1. The van der Waals surface area contributed by atoms with Crippen LogP contribution < -0.4 is 5.32 Å². The summed E-state index contributed by atoms with van der Waals surface area (Å²) in [4.78, 5) is 27.1. The zero-order valence-corrected chi connectivity index (χ0v) is 19.6. The third-order valence-corrected chi connectivity index (χ3v) is 6.29. The third kappa shape index (κ3) is 5.02. The second-order valence-corrected chi connectivity index (χ2v) is 8.74. The van der Waals surface area contributed by atoms with Crippen molar-refractivity contribution in [3.05, 3.63) is 80.9 Å². The van der Waals surface area contributed by atoms with E-state index >= 15 is 0 Å². The molecule has 2 heterocycles. The lowest BCUT2D eigenvalue weighted by Gasteiger charge is -2.30.